The molecule has 1 aliphatic rings. The standard InChI is InChI=1S/C5H7N3O/c1-2-4(1)8-5-6-3-7-9-5/h3-4H,1-2H2,(H,6,7,8). The van der Waals surface area contributed by atoms with E-state index in [-0.39, 0.29) is 0 Å². The molecule has 0 saturated heterocycles. The van der Waals surface area contributed by atoms with E-state index in [4.69, 9.17) is 4.52 Å². The molecule has 0 unspecified atom stereocenters. The SMILES string of the molecule is c1noc(NC2CC2)n1. The minimum absolute atomic E-state index is 0.539. The highest BCUT2D eigenvalue weighted by Gasteiger charge is 2.22. The maximum atomic E-state index is 4.71. The van der Waals surface area contributed by atoms with Crippen molar-refractivity contribution in [3.63, 3.8) is 0 Å². The van der Waals surface area contributed by atoms with Crippen molar-refractivity contribution in [1.29, 1.82) is 0 Å². The van der Waals surface area contributed by atoms with Crippen LogP contribution < -0.4 is 5.32 Å². The van der Waals surface area contributed by atoms with E-state index in [0.29, 0.717) is 12.1 Å². The number of aromatic nitrogens is 2. The molecule has 1 fully saturated rings. The molecule has 9 heavy (non-hydrogen) atoms. The van der Waals surface area contributed by atoms with Crippen LogP contribution in [0.1, 0.15) is 12.8 Å². The van der Waals surface area contributed by atoms with Gasteiger partial charge in [-0.05, 0) is 12.8 Å². The first-order chi connectivity index (χ1) is 4.45. The summed E-state index contributed by atoms with van der Waals surface area (Å²) in [5, 5.41) is 6.51. The van der Waals surface area contributed by atoms with E-state index in [9.17, 15) is 0 Å². The summed E-state index contributed by atoms with van der Waals surface area (Å²) < 4.78 is 4.71. The van der Waals surface area contributed by atoms with Crippen molar-refractivity contribution in [1.82, 2.24) is 10.1 Å². The first-order valence-corrected chi connectivity index (χ1v) is 2.98. The topological polar surface area (TPSA) is 51.0 Å². The van der Waals surface area contributed by atoms with Crippen LogP contribution >= 0.6 is 0 Å². The Balaban J connectivity index is 1.99. The highest BCUT2D eigenvalue weighted by atomic mass is 16.5. The van der Waals surface area contributed by atoms with Crippen molar-refractivity contribution in [2.75, 3.05) is 5.32 Å². The summed E-state index contributed by atoms with van der Waals surface area (Å²) in [6.07, 6.45) is 3.84. The van der Waals surface area contributed by atoms with Crippen molar-refractivity contribution in [2.45, 2.75) is 18.9 Å². The van der Waals surface area contributed by atoms with E-state index in [1.165, 1.54) is 19.2 Å². The average Bonchev–Trinajstić information content (AvgIpc) is 2.46. The van der Waals surface area contributed by atoms with Crippen LogP contribution in [0.2, 0.25) is 0 Å². The van der Waals surface area contributed by atoms with Crippen LogP contribution in [0.5, 0.6) is 0 Å². The van der Waals surface area contributed by atoms with Gasteiger partial charge in [0, 0.05) is 6.04 Å². The van der Waals surface area contributed by atoms with Crippen LogP contribution in [0, 0.1) is 0 Å². The van der Waals surface area contributed by atoms with Crippen molar-refractivity contribution in [2.24, 2.45) is 0 Å². The molecule has 0 atom stereocenters. The Morgan fingerprint density at radius 2 is 2.56 bits per heavy atom. The first-order valence-electron chi connectivity index (χ1n) is 2.98. The Hall–Kier alpha value is -1.06. The molecule has 1 aromatic heterocycles. The van der Waals surface area contributed by atoms with Crippen LogP contribution in [0.4, 0.5) is 6.01 Å². The zero-order valence-electron chi connectivity index (χ0n) is 4.87. The summed E-state index contributed by atoms with van der Waals surface area (Å²) in [6.45, 7) is 0. The largest absolute Gasteiger partial charge is 0.335 e. The summed E-state index contributed by atoms with van der Waals surface area (Å²) in [5.41, 5.74) is 0. The van der Waals surface area contributed by atoms with Gasteiger partial charge in [0.25, 0.3) is 0 Å². The van der Waals surface area contributed by atoms with Crippen LogP contribution in [0.25, 0.3) is 0 Å². The number of hydrogen-bond acceptors (Lipinski definition) is 4. The lowest BCUT2D eigenvalue weighted by Gasteiger charge is -1.91. The lowest BCUT2D eigenvalue weighted by molar-refractivity contribution is 0.429. The number of rotatable bonds is 2. The van der Waals surface area contributed by atoms with Gasteiger partial charge in [-0.3, -0.25) is 0 Å². The fourth-order valence-electron chi connectivity index (χ4n) is 0.639. The Kier molecular flexibility index (Phi) is 0.913. The summed E-state index contributed by atoms with van der Waals surface area (Å²) >= 11 is 0. The average molecular weight is 125 g/mol. The van der Waals surface area contributed by atoms with Crippen LogP contribution in [0.15, 0.2) is 10.9 Å². The number of nitrogens with zero attached hydrogens (tertiary/aromatic N) is 2. The molecule has 0 aromatic carbocycles. The van der Waals surface area contributed by atoms with Crippen molar-refractivity contribution >= 4 is 6.01 Å². The Bertz CT molecular complexity index is 180. The highest BCUT2D eigenvalue weighted by molar-refractivity contribution is 5.21. The van der Waals surface area contributed by atoms with E-state index in [1.807, 2.05) is 0 Å². The van der Waals surface area contributed by atoms with Crippen molar-refractivity contribution in [3.8, 4) is 0 Å². The van der Waals surface area contributed by atoms with Crippen LogP contribution in [0.3, 0.4) is 0 Å². The van der Waals surface area contributed by atoms with Gasteiger partial charge in [-0.1, -0.05) is 5.16 Å². The van der Waals surface area contributed by atoms with Gasteiger partial charge in [0.05, 0.1) is 0 Å². The predicted molar refractivity (Wildman–Crippen MR) is 30.9 cm³/mol. The van der Waals surface area contributed by atoms with Crippen molar-refractivity contribution < 1.29 is 4.52 Å². The fourth-order valence-corrected chi connectivity index (χ4v) is 0.639. The molecule has 0 radical (unpaired) electrons. The van der Waals surface area contributed by atoms with Gasteiger partial charge in [-0.15, -0.1) is 0 Å². The van der Waals surface area contributed by atoms with E-state index < -0.39 is 0 Å². The van der Waals surface area contributed by atoms with E-state index in [1.54, 1.807) is 0 Å². The molecule has 0 bridgehead atoms. The quantitative estimate of drug-likeness (QED) is 0.630. The Morgan fingerprint density at radius 3 is 3.11 bits per heavy atom. The van der Waals surface area contributed by atoms with Gasteiger partial charge in [0.15, 0.2) is 6.33 Å². The highest BCUT2D eigenvalue weighted by Crippen LogP contribution is 2.22. The van der Waals surface area contributed by atoms with Gasteiger partial charge >= 0.3 is 6.01 Å². The minimum atomic E-state index is 0.539. The minimum Gasteiger partial charge on any atom is -0.335 e. The lowest BCUT2D eigenvalue weighted by atomic mass is 10.7. The molecule has 1 N–H and O–H groups in total. The molecule has 2 rings (SSSR count). The molecular weight excluding hydrogens is 118 g/mol. The van der Waals surface area contributed by atoms with Crippen LogP contribution in [-0.2, 0) is 0 Å². The smallest absolute Gasteiger partial charge is 0.321 e. The Labute approximate surface area is 52.3 Å². The predicted octanol–water partition coefficient (Wildman–Crippen LogP) is 0.644. The molecule has 0 amide bonds. The van der Waals surface area contributed by atoms with Gasteiger partial charge in [-0.2, -0.15) is 4.98 Å². The second kappa shape index (κ2) is 1.72. The summed E-state index contributed by atoms with van der Waals surface area (Å²) in [7, 11) is 0. The monoisotopic (exact) mass is 125 g/mol. The van der Waals surface area contributed by atoms with Gasteiger partial charge in [0.2, 0.25) is 0 Å². The maximum Gasteiger partial charge on any atom is 0.321 e. The van der Waals surface area contributed by atoms with Crippen LogP contribution in [-0.4, -0.2) is 16.2 Å². The van der Waals surface area contributed by atoms with Gasteiger partial charge < -0.3 is 9.84 Å². The molecule has 4 heteroatoms. The second-order valence-corrected chi connectivity index (χ2v) is 2.17. The van der Waals surface area contributed by atoms with E-state index >= 15 is 0 Å². The van der Waals surface area contributed by atoms with E-state index in [2.05, 4.69) is 15.5 Å². The molecule has 1 aliphatic carbocycles. The summed E-state index contributed by atoms with van der Waals surface area (Å²) in [5.74, 6) is 0. The molecule has 4 nitrogen and oxygen atoms in total. The molecule has 0 aliphatic heterocycles. The normalized spacial score (nSPS) is 17.8. The summed E-state index contributed by atoms with van der Waals surface area (Å²) in [6, 6.07) is 1.13. The molecule has 1 aromatic rings. The molecule has 1 saturated carbocycles. The molecule has 0 spiro atoms. The molecule has 48 valence electrons. The van der Waals surface area contributed by atoms with Gasteiger partial charge in [-0.25, -0.2) is 0 Å². The number of nitrogens with one attached hydrogen (secondary N) is 1. The zero-order valence-corrected chi connectivity index (χ0v) is 4.87. The van der Waals surface area contributed by atoms with E-state index in [0.717, 1.165) is 0 Å². The summed E-state index contributed by atoms with van der Waals surface area (Å²) in [4.78, 5) is 3.81. The zero-order chi connectivity index (χ0) is 6.10. The lowest BCUT2D eigenvalue weighted by Crippen LogP contribution is -1.99. The van der Waals surface area contributed by atoms with Crippen molar-refractivity contribution in [3.05, 3.63) is 6.33 Å². The number of anilines is 1. The maximum absolute atomic E-state index is 4.71. The third-order valence-electron chi connectivity index (χ3n) is 1.27. The fraction of sp³-hybridized carbons (Fsp3) is 0.600. The molecule has 1 heterocycles. The third kappa shape index (κ3) is 1.01. The first kappa shape index (κ1) is 4.78. The second-order valence-electron chi connectivity index (χ2n) is 2.17. The number of hydrogen-bond donors (Lipinski definition) is 1. The molecular formula is C5H7N3O. The van der Waals surface area contributed by atoms with Gasteiger partial charge in [0.1, 0.15) is 0 Å². The third-order valence-corrected chi connectivity index (χ3v) is 1.27. The Morgan fingerprint density at radius 1 is 1.67 bits per heavy atom.